The summed E-state index contributed by atoms with van der Waals surface area (Å²) in [5, 5.41) is 13.4. The van der Waals surface area contributed by atoms with E-state index in [0.717, 1.165) is 11.3 Å². The lowest BCUT2D eigenvalue weighted by molar-refractivity contribution is 0.609. The van der Waals surface area contributed by atoms with Crippen LogP contribution in [0.1, 0.15) is 0 Å². The Hall–Kier alpha value is -2.24. The van der Waals surface area contributed by atoms with Crippen LogP contribution in [-0.4, -0.2) is 13.5 Å². The van der Waals surface area contributed by atoms with Gasteiger partial charge in [0.1, 0.15) is 16.1 Å². The van der Waals surface area contributed by atoms with Gasteiger partial charge in [-0.05, 0) is 35.7 Å². The molecule has 1 N–H and O–H groups in total. The zero-order chi connectivity index (χ0) is 14.6. The molecule has 8 heteroatoms. The molecule has 5 nitrogen and oxygen atoms in total. The molecule has 102 valence electrons. The van der Waals surface area contributed by atoms with Crippen LogP contribution in [0.3, 0.4) is 0 Å². The summed E-state index contributed by atoms with van der Waals surface area (Å²) in [6, 6.07) is 9.65. The molecule has 0 bridgehead atoms. The summed E-state index contributed by atoms with van der Waals surface area (Å²) in [6.45, 7) is 0. The monoisotopic (exact) mass is 309 g/mol. The number of nitriles is 1. The Morgan fingerprint density at radius 1 is 1.30 bits per heavy atom. The molecule has 0 spiro atoms. The minimum Gasteiger partial charge on any atom is -0.277 e. The number of nitrogens with one attached hydrogen (secondary N) is 1. The lowest BCUT2D eigenvalue weighted by Crippen LogP contribution is -2.13. The van der Waals surface area contributed by atoms with Crippen molar-refractivity contribution in [3.05, 3.63) is 47.6 Å². The average Bonchev–Trinajstić information content (AvgIpc) is 2.96. The van der Waals surface area contributed by atoms with Crippen LogP contribution < -0.4 is 5.43 Å². The second-order valence-corrected chi connectivity index (χ2v) is 6.62. The normalized spacial score (nSPS) is 11.9. The Bertz CT molecular complexity index is 760. The van der Waals surface area contributed by atoms with E-state index in [2.05, 4.69) is 10.5 Å². The smallest absolute Gasteiger partial charge is 0.257 e. The second-order valence-electron chi connectivity index (χ2n) is 3.58. The molecule has 0 saturated carbocycles. The fraction of sp³-hybridized carbons (Fsp3) is 0. The molecule has 0 aliphatic rings. The zero-order valence-electron chi connectivity index (χ0n) is 9.95. The first-order valence-electron chi connectivity index (χ1n) is 5.32. The van der Waals surface area contributed by atoms with E-state index >= 15 is 0 Å². The van der Waals surface area contributed by atoms with Gasteiger partial charge < -0.3 is 0 Å². The predicted octanol–water partition coefficient (Wildman–Crippen LogP) is 2.61. The quantitative estimate of drug-likeness (QED) is 0.537. The van der Waals surface area contributed by atoms with Gasteiger partial charge in [0.15, 0.2) is 0 Å². The van der Waals surface area contributed by atoms with Gasteiger partial charge in [-0.2, -0.15) is 10.4 Å². The number of nitrogens with zero attached hydrogens (tertiary/aromatic N) is 2. The van der Waals surface area contributed by atoms with E-state index in [-0.39, 0.29) is 4.21 Å². The van der Waals surface area contributed by atoms with Gasteiger partial charge in [0.25, 0.3) is 5.04 Å². The number of benzene rings is 1. The number of hydrazone groups is 1. The Morgan fingerprint density at radius 3 is 2.55 bits per heavy atom. The highest BCUT2D eigenvalue weighted by Gasteiger charge is 2.23. The SMILES string of the molecule is N#C/C(=N\Nc1ccc(F)cc1)S(=O)(=O)c1cccs1. The average molecular weight is 309 g/mol. The molecule has 1 aromatic heterocycles. The summed E-state index contributed by atoms with van der Waals surface area (Å²) in [6.07, 6.45) is 0. The Labute approximate surface area is 118 Å². The first-order chi connectivity index (χ1) is 9.54. The van der Waals surface area contributed by atoms with Gasteiger partial charge in [0.05, 0.1) is 5.69 Å². The maximum atomic E-state index is 12.7. The highest BCUT2D eigenvalue weighted by Crippen LogP contribution is 2.19. The van der Waals surface area contributed by atoms with E-state index in [1.165, 1.54) is 30.3 Å². The van der Waals surface area contributed by atoms with Crippen molar-refractivity contribution < 1.29 is 12.8 Å². The van der Waals surface area contributed by atoms with Gasteiger partial charge in [0, 0.05) is 0 Å². The Morgan fingerprint density at radius 2 is 2.00 bits per heavy atom. The minimum absolute atomic E-state index is 0.0405. The molecule has 20 heavy (non-hydrogen) atoms. The highest BCUT2D eigenvalue weighted by molar-refractivity contribution is 8.08. The topological polar surface area (TPSA) is 82.3 Å². The first kappa shape index (κ1) is 14.2. The molecule has 0 fully saturated rings. The Balaban J connectivity index is 2.27. The molecule has 2 rings (SSSR count). The van der Waals surface area contributed by atoms with Crippen molar-refractivity contribution >= 4 is 31.9 Å². The van der Waals surface area contributed by atoms with Gasteiger partial charge in [-0.25, -0.2) is 12.8 Å². The minimum atomic E-state index is -3.92. The number of anilines is 1. The first-order valence-corrected chi connectivity index (χ1v) is 7.68. The number of sulfone groups is 1. The van der Waals surface area contributed by atoms with Crippen LogP contribution in [-0.2, 0) is 9.84 Å². The molecule has 0 atom stereocenters. The number of rotatable bonds is 3. The zero-order valence-corrected chi connectivity index (χ0v) is 11.6. The third-order valence-electron chi connectivity index (χ3n) is 2.24. The standard InChI is InChI=1S/C12H8FN3O2S2/c13-9-3-5-10(6-4-9)15-16-11(8-14)20(17,18)12-2-1-7-19-12/h1-7,15H/b16-11+. The van der Waals surface area contributed by atoms with Crippen LogP contribution in [0.2, 0.25) is 0 Å². The van der Waals surface area contributed by atoms with Crippen molar-refractivity contribution in [1.29, 1.82) is 5.26 Å². The Kier molecular flexibility index (Phi) is 4.12. The molecule has 0 aliphatic heterocycles. The molecule has 0 unspecified atom stereocenters. The summed E-state index contributed by atoms with van der Waals surface area (Å²) in [5.41, 5.74) is 2.79. The fourth-order valence-corrected chi connectivity index (χ4v) is 3.39. The van der Waals surface area contributed by atoms with Gasteiger partial charge in [-0.15, -0.1) is 11.3 Å². The lowest BCUT2D eigenvalue weighted by Gasteiger charge is -2.01. The molecule has 2 aromatic rings. The van der Waals surface area contributed by atoms with Crippen LogP contribution in [0.25, 0.3) is 0 Å². The molecule has 0 aliphatic carbocycles. The van der Waals surface area contributed by atoms with E-state index in [1.807, 2.05) is 0 Å². The summed E-state index contributed by atoms with van der Waals surface area (Å²) >= 11 is 1.000. The fourth-order valence-electron chi connectivity index (χ4n) is 1.30. The van der Waals surface area contributed by atoms with Crippen molar-refractivity contribution in [2.75, 3.05) is 5.43 Å². The van der Waals surface area contributed by atoms with Gasteiger partial charge in [0.2, 0.25) is 9.84 Å². The second kappa shape index (κ2) is 5.81. The largest absolute Gasteiger partial charge is 0.277 e. The van der Waals surface area contributed by atoms with E-state index in [0.29, 0.717) is 5.69 Å². The van der Waals surface area contributed by atoms with Crippen LogP contribution in [0.15, 0.2) is 51.1 Å². The van der Waals surface area contributed by atoms with E-state index in [4.69, 9.17) is 5.26 Å². The predicted molar refractivity (Wildman–Crippen MR) is 74.6 cm³/mol. The maximum absolute atomic E-state index is 12.7. The third-order valence-corrected chi connectivity index (χ3v) is 5.21. The molecule has 0 saturated heterocycles. The van der Waals surface area contributed by atoms with Crippen LogP contribution in [0.4, 0.5) is 10.1 Å². The number of hydrogen-bond acceptors (Lipinski definition) is 6. The van der Waals surface area contributed by atoms with Gasteiger partial charge >= 0.3 is 0 Å². The number of hydrogen-bond donors (Lipinski definition) is 1. The van der Waals surface area contributed by atoms with E-state index < -0.39 is 20.7 Å². The van der Waals surface area contributed by atoms with Gasteiger partial charge in [-0.1, -0.05) is 6.07 Å². The van der Waals surface area contributed by atoms with Crippen LogP contribution in [0.5, 0.6) is 0 Å². The van der Waals surface area contributed by atoms with Crippen LogP contribution >= 0.6 is 11.3 Å². The molecule has 0 radical (unpaired) electrons. The van der Waals surface area contributed by atoms with Crippen molar-refractivity contribution in [3.63, 3.8) is 0 Å². The van der Waals surface area contributed by atoms with Crippen molar-refractivity contribution in [2.24, 2.45) is 5.10 Å². The molecular formula is C12H8FN3O2S2. The molecule has 1 heterocycles. The highest BCUT2D eigenvalue weighted by atomic mass is 32.2. The summed E-state index contributed by atoms with van der Waals surface area (Å²) in [5.74, 6) is -0.425. The van der Waals surface area contributed by atoms with Crippen molar-refractivity contribution in [1.82, 2.24) is 0 Å². The third kappa shape index (κ3) is 3.01. The summed E-state index contributed by atoms with van der Waals surface area (Å²) < 4.78 is 36.9. The molecule has 0 amide bonds. The lowest BCUT2D eigenvalue weighted by atomic mass is 10.3. The summed E-state index contributed by atoms with van der Waals surface area (Å²) in [4.78, 5) is 0. The maximum Gasteiger partial charge on any atom is 0.257 e. The number of thiophene rings is 1. The number of halogens is 1. The molecule has 1 aromatic carbocycles. The molecular weight excluding hydrogens is 301 g/mol. The van der Waals surface area contributed by atoms with Crippen LogP contribution in [0, 0.1) is 17.1 Å². The van der Waals surface area contributed by atoms with Crippen molar-refractivity contribution in [2.45, 2.75) is 4.21 Å². The van der Waals surface area contributed by atoms with E-state index in [1.54, 1.807) is 17.5 Å². The van der Waals surface area contributed by atoms with Crippen molar-refractivity contribution in [3.8, 4) is 6.07 Å². The summed E-state index contributed by atoms with van der Waals surface area (Å²) in [7, 11) is -3.92. The van der Waals surface area contributed by atoms with Gasteiger partial charge in [-0.3, -0.25) is 5.43 Å². The van der Waals surface area contributed by atoms with E-state index in [9.17, 15) is 12.8 Å².